The van der Waals surface area contributed by atoms with E-state index in [2.05, 4.69) is 52.2 Å². The number of anilines is 1. The van der Waals surface area contributed by atoms with Crippen LogP contribution in [0.4, 0.5) is 5.69 Å². The Kier molecular flexibility index (Phi) is 7.93. The molecule has 1 aliphatic heterocycles. The van der Waals surface area contributed by atoms with Gasteiger partial charge >= 0.3 is 0 Å². The Bertz CT molecular complexity index is 1510. The summed E-state index contributed by atoms with van der Waals surface area (Å²) in [6.45, 7) is 4.70. The van der Waals surface area contributed by atoms with Crippen LogP contribution in [0.1, 0.15) is 16.9 Å². The molecular formula is C30H30Cl2N4O2. The summed E-state index contributed by atoms with van der Waals surface area (Å²) in [6, 6.07) is 26.2. The van der Waals surface area contributed by atoms with Crippen LogP contribution in [0.15, 0.2) is 83.3 Å². The molecule has 8 heteroatoms. The summed E-state index contributed by atoms with van der Waals surface area (Å²) >= 11 is 6.32. The van der Waals surface area contributed by atoms with Crippen molar-refractivity contribution in [2.24, 2.45) is 0 Å². The average Bonchev–Trinajstić information content (AvgIpc) is 3.56. The standard InChI is InChI=1S/C30H29ClN4O2.ClH/c1-34-13-15-35(16-14-34)24-8-10-26-27(19-24)33-30(32-26)29-12-9-25(37-29)18-22-17-23(31)7-11-28(22)36-20-21-5-3-2-4-6-21;/h2-12,17,19H,13-16,18,20H2,1H3,(H,32,33);1H. The summed E-state index contributed by atoms with van der Waals surface area (Å²) in [5.74, 6) is 3.05. The van der Waals surface area contributed by atoms with Gasteiger partial charge in [0.1, 0.15) is 18.1 Å². The number of hydrogen-bond acceptors (Lipinski definition) is 5. The third kappa shape index (κ3) is 5.83. The van der Waals surface area contributed by atoms with E-state index >= 15 is 0 Å². The van der Waals surface area contributed by atoms with Crippen molar-refractivity contribution in [3.05, 3.63) is 101 Å². The first-order valence-electron chi connectivity index (χ1n) is 12.6. The molecule has 5 aromatic rings. The number of imidazole rings is 1. The second-order valence-corrected chi connectivity index (χ2v) is 9.98. The van der Waals surface area contributed by atoms with E-state index in [1.54, 1.807) is 0 Å². The minimum absolute atomic E-state index is 0. The van der Waals surface area contributed by atoms with E-state index in [0.717, 1.165) is 65.7 Å². The van der Waals surface area contributed by atoms with Crippen molar-refractivity contribution in [1.82, 2.24) is 14.9 Å². The van der Waals surface area contributed by atoms with Gasteiger partial charge in [-0.15, -0.1) is 12.4 Å². The number of nitrogens with zero attached hydrogens (tertiary/aromatic N) is 3. The maximum atomic E-state index is 6.32. The number of ether oxygens (including phenoxy) is 1. The summed E-state index contributed by atoms with van der Waals surface area (Å²) in [4.78, 5) is 13.0. The van der Waals surface area contributed by atoms with Crippen LogP contribution < -0.4 is 9.64 Å². The predicted molar refractivity (Wildman–Crippen MR) is 156 cm³/mol. The van der Waals surface area contributed by atoms with Crippen molar-refractivity contribution >= 4 is 40.7 Å². The number of hydrogen-bond donors (Lipinski definition) is 1. The molecule has 0 atom stereocenters. The van der Waals surface area contributed by atoms with Gasteiger partial charge in [-0.2, -0.15) is 0 Å². The highest BCUT2D eigenvalue weighted by atomic mass is 35.5. The topological polar surface area (TPSA) is 57.5 Å². The van der Waals surface area contributed by atoms with Crippen LogP contribution in [0.25, 0.3) is 22.6 Å². The fourth-order valence-electron chi connectivity index (χ4n) is 4.72. The van der Waals surface area contributed by atoms with Gasteiger partial charge in [0.05, 0.1) is 11.0 Å². The maximum Gasteiger partial charge on any atom is 0.174 e. The van der Waals surface area contributed by atoms with E-state index in [1.165, 1.54) is 5.69 Å². The zero-order chi connectivity index (χ0) is 25.2. The Morgan fingerprint density at radius 2 is 1.76 bits per heavy atom. The van der Waals surface area contributed by atoms with Gasteiger partial charge in [-0.05, 0) is 61.1 Å². The molecular weight excluding hydrogens is 519 g/mol. The highest BCUT2D eigenvalue weighted by Gasteiger charge is 2.17. The first-order valence-corrected chi connectivity index (χ1v) is 13.0. The van der Waals surface area contributed by atoms with E-state index in [4.69, 9.17) is 25.7 Å². The second kappa shape index (κ2) is 11.5. The lowest BCUT2D eigenvalue weighted by Gasteiger charge is -2.34. The molecule has 1 N–H and O–H groups in total. The monoisotopic (exact) mass is 548 g/mol. The Balaban J connectivity index is 0.00000294. The predicted octanol–water partition coefficient (Wildman–Crippen LogP) is 6.82. The lowest BCUT2D eigenvalue weighted by atomic mass is 10.1. The molecule has 38 heavy (non-hydrogen) atoms. The van der Waals surface area contributed by atoms with E-state index in [-0.39, 0.29) is 12.4 Å². The number of nitrogens with one attached hydrogen (secondary N) is 1. The van der Waals surface area contributed by atoms with Crippen molar-refractivity contribution in [3.8, 4) is 17.3 Å². The highest BCUT2D eigenvalue weighted by Crippen LogP contribution is 2.30. The second-order valence-electron chi connectivity index (χ2n) is 9.55. The molecule has 1 fully saturated rings. The molecule has 0 unspecified atom stereocenters. The third-order valence-electron chi connectivity index (χ3n) is 6.85. The molecule has 0 radical (unpaired) electrons. The van der Waals surface area contributed by atoms with Crippen LogP contribution in [0.2, 0.25) is 5.02 Å². The normalized spacial score (nSPS) is 14.0. The number of H-pyrrole nitrogens is 1. The van der Waals surface area contributed by atoms with Crippen molar-refractivity contribution in [2.45, 2.75) is 13.0 Å². The van der Waals surface area contributed by atoms with Gasteiger partial charge in [0, 0.05) is 48.9 Å². The number of rotatable bonds is 7. The Labute approximate surface area is 233 Å². The lowest BCUT2D eigenvalue weighted by molar-refractivity contribution is 0.303. The molecule has 2 aromatic heterocycles. The van der Waals surface area contributed by atoms with Gasteiger partial charge in [-0.3, -0.25) is 0 Å². The largest absolute Gasteiger partial charge is 0.489 e. The third-order valence-corrected chi connectivity index (χ3v) is 7.09. The van der Waals surface area contributed by atoms with Gasteiger partial charge in [0.2, 0.25) is 0 Å². The van der Waals surface area contributed by atoms with E-state index < -0.39 is 0 Å². The molecule has 0 spiro atoms. The fraction of sp³-hybridized carbons (Fsp3) is 0.233. The molecule has 0 bridgehead atoms. The van der Waals surface area contributed by atoms with Gasteiger partial charge in [0.15, 0.2) is 11.6 Å². The summed E-state index contributed by atoms with van der Waals surface area (Å²) in [5.41, 5.74) is 5.24. The van der Waals surface area contributed by atoms with Gasteiger partial charge < -0.3 is 23.9 Å². The van der Waals surface area contributed by atoms with Crippen molar-refractivity contribution in [2.75, 3.05) is 38.1 Å². The molecule has 6 rings (SSSR count). The molecule has 0 amide bonds. The van der Waals surface area contributed by atoms with E-state index in [1.807, 2.05) is 48.5 Å². The van der Waals surface area contributed by atoms with Gasteiger partial charge in [-0.25, -0.2) is 4.98 Å². The summed E-state index contributed by atoms with van der Waals surface area (Å²) in [7, 11) is 2.17. The summed E-state index contributed by atoms with van der Waals surface area (Å²) in [6.07, 6.45) is 0.568. The fourth-order valence-corrected chi connectivity index (χ4v) is 4.92. The zero-order valence-electron chi connectivity index (χ0n) is 21.2. The molecule has 196 valence electrons. The molecule has 0 aliphatic carbocycles. The first-order chi connectivity index (χ1) is 18.1. The smallest absolute Gasteiger partial charge is 0.174 e. The van der Waals surface area contributed by atoms with Crippen LogP contribution in [0, 0.1) is 0 Å². The van der Waals surface area contributed by atoms with Crippen LogP contribution >= 0.6 is 24.0 Å². The molecule has 1 saturated heterocycles. The van der Waals surface area contributed by atoms with E-state index in [9.17, 15) is 0 Å². The lowest BCUT2D eigenvalue weighted by Crippen LogP contribution is -2.44. The number of benzene rings is 3. The quantitative estimate of drug-likeness (QED) is 0.242. The maximum absolute atomic E-state index is 6.32. The van der Waals surface area contributed by atoms with Crippen LogP contribution in [-0.2, 0) is 13.0 Å². The summed E-state index contributed by atoms with van der Waals surface area (Å²) < 4.78 is 12.3. The van der Waals surface area contributed by atoms with Crippen molar-refractivity contribution < 1.29 is 9.15 Å². The zero-order valence-corrected chi connectivity index (χ0v) is 22.8. The SMILES string of the molecule is CN1CCN(c2ccc3[nH]c(-c4ccc(Cc5cc(Cl)ccc5OCc5ccccc5)o4)nc3c2)CC1.Cl. The number of fused-ring (bicyclic) bond motifs is 1. The number of halogens is 2. The van der Waals surface area contributed by atoms with Crippen molar-refractivity contribution in [1.29, 1.82) is 0 Å². The Morgan fingerprint density at radius 3 is 2.58 bits per heavy atom. The number of piperazine rings is 1. The molecule has 0 saturated carbocycles. The molecule has 1 aliphatic rings. The Morgan fingerprint density at radius 1 is 0.947 bits per heavy atom. The van der Waals surface area contributed by atoms with Crippen LogP contribution in [0.5, 0.6) is 5.75 Å². The minimum atomic E-state index is 0. The van der Waals surface area contributed by atoms with Gasteiger partial charge in [-0.1, -0.05) is 41.9 Å². The number of aromatic nitrogens is 2. The molecule has 3 heterocycles. The minimum Gasteiger partial charge on any atom is -0.489 e. The molecule has 3 aromatic carbocycles. The van der Waals surface area contributed by atoms with E-state index in [0.29, 0.717) is 23.8 Å². The summed E-state index contributed by atoms with van der Waals surface area (Å²) in [5, 5.41) is 0.669. The number of aromatic amines is 1. The number of furan rings is 1. The number of likely N-dealkylation sites (N-methyl/N-ethyl adjacent to an activating group) is 1. The average molecular weight is 550 g/mol. The highest BCUT2D eigenvalue weighted by molar-refractivity contribution is 6.30. The van der Waals surface area contributed by atoms with Crippen LogP contribution in [-0.4, -0.2) is 48.1 Å². The van der Waals surface area contributed by atoms with Crippen LogP contribution in [0.3, 0.4) is 0 Å². The van der Waals surface area contributed by atoms with Gasteiger partial charge in [0.25, 0.3) is 0 Å². The molecule has 6 nitrogen and oxygen atoms in total. The Hall–Kier alpha value is -3.45. The first kappa shape index (κ1) is 26.2. The van der Waals surface area contributed by atoms with Crippen molar-refractivity contribution in [3.63, 3.8) is 0 Å².